The number of hydrazone groups is 1. The molecule has 28 heavy (non-hydrogen) atoms. The molecule has 0 saturated heterocycles. The first-order valence-electron chi connectivity index (χ1n) is 9.71. The van der Waals surface area contributed by atoms with Crippen LogP contribution in [-0.2, 0) is 11.2 Å². The van der Waals surface area contributed by atoms with E-state index in [0.717, 1.165) is 23.2 Å². The van der Waals surface area contributed by atoms with Gasteiger partial charge in [0.15, 0.2) is 0 Å². The van der Waals surface area contributed by atoms with Gasteiger partial charge in [-0.05, 0) is 55.9 Å². The number of carbonyl (C=O) groups is 1. The van der Waals surface area contributed by atoms with Crippen molar-refractivity contribution in [3.05, 3.63) is 65.0 Å². The van der Waals surface area contributed by atoms with E-state index >= 15 is 0 Å². The van der Waals surface area contributed by atoms with Crippen molar-refractivity contribution in [2.24, 2.45) is 5.10 Å². The molecule has 2 aromatic carbocycles. The first-order valence-corrected chi connectivity index (χ1v) is 9.71. The van der Waals surface area contributed by atoms with Gasteiger partial charge in [-0.1, -0.05) is 37.3 Å². The molecule has 1 heterocycles. The summed E-state index contributed by atoms with van der Waals surface area (Å²) in [6.45, 7) is 6.51. The average Bonchev–Trinajstić information content (AvgIpc) is 2.66. The summed E-state index contributed by atoms with van der Waals surface area (Å²) in [5.41, 5.74) is 6.01. The Bertz CT molecular complexity index is 877. The summed E-state index contributed by atoms with van der Waals surface area (Å²) in [4.78, 5) is 14.1. The van der Waals surface area contributed by atoms with Gasteiger partial charge >= 0.3 is 0 Å². The van der Waals surface area contributed by atoms with Crippen LogP contribution in [0.25, 0.3) is 0 Å². The lowest BCUT2D eigenvalue weighted by molar-refractivity contribution is -0.121. The van der Waals surface area contributed by atoms with Crippen LogP contribution in [0.1, 0.15) is 56.2 Å². The van der Waals surface area contributed by atoms with E-state index in [-0.39, 0.29) is 17.3 Å². The maximum absolute atomic E-state index is 14.6. The van der Waals surface area contributed by atoms with Crippen molar-refractivity contribution in [3.8, 4) is 0 Å². The van der Waals surface area contributed by atoms with Crippen LogP contribution in [-0.4, -0.2) is 24.7 Å². The highest BCUT2D eigenvalue weighted by Crippen LogP contribution is 2.43. The van der Waals surface area contributed by atoms with Crippen LogP contribution >= 0.6 is 0 Å². The molecule has 148 valence electrons. The number of nitrogens with one attached hydrogen (secondary N) is 1. The molecular formula is C23H28FN3O. The summed E-state index contributed by atoms with van der Waals surface area (Å²) in [5.74, 6) is -0.194. The van der Waals surface area contributed by atoms with Crippen molar-refractivity contribution < 1.29 is 9.18 Å². The lowest BCUT2D eigenvalue weighted by Crippen LogP contribution is -2.45. The van der Waals surface area contributed by atoms with E-state index < -0.39 is 0 Å². The van der Waals surface area contributed by atoms with Crippen LogP contribution < -0.4 is 10.3 Å². The zero-order valence-electron chi connectivity index (χ0n) is 17.0. The largest absolute Gasteiger partial charge is 0.369 e. The van der Waals surface area contributed by atoms with Gasteiger partial charge in [0.2, 0.25) is 5.91 Å². The van der Waals surface area contributed by atoms with E-state index in [2.05, 4.69) is 36.2 Å². The van der Waals surface area contributed by atoms with E-state index in [9.17, 15) is 9.18 Å². The van der Waals surface area contributed by atoms with Crippen LogP contribution in [0.3, 0.4) is 0 Å². The molecule has 1 unspecified atom stereocenters. The fourth-order valence-corrected chi connectivity index (χ4v) is 3.84. The summed E-state index contributed by atoms with van der Waals surface area (Å²) in [5, 5.41) is 3.96. The van der Waals surface area contributed by atoms with E-state index in [1.165, 1.54) is 6.21 Å². The molecule has 5 heteroatoms. The highest BCUT2D eigenvalue weighted by atomic mass is 19.1. The molecule has 1 aliphatic rings. The Labute approximate surface area is 166 Å². The number of aryl methyl sites for hydroxylation is 1. The molecule has 0 radical (unpaired) electrons. The fraction of sp³-hybridized carbons (Fsp3) is 0.391. The second kappa shape index (κ2) is 8.13. The highest BCUT2D eigenvalue weighted by molar-refractivity contribution is 5.84. The molecule has 1 aliphatic heterocycles. The molecular weight excluding hydrogens is 353 g/mol. The number of amides is 1. The zero-order valence-corrected chi connectivity index (χ0v) is 17.0. The second-order valence-corrected chi connectivity index (χ2v) is 8.19. The van der Waals surface area contributed by atoms with Gasteiger partial charge in [-0.3, -0.25) is 4.79 Å². The van der Waals surface area contributed by atoms with Crippen molar-refractivity contribution in [2.45, 2.75) is 51.5 Å². The Hall–Kier alpha value is -2.69. The van der Waals surface area contributed by atoms with Gasteiger partial charge in [-0.2, -0.15) is 5.10 Å². The number of hydrogen-bond donors (Lipinski definition) is 1. The molecule has 0 aromatic heterocycles. The minimum absolute atomic E-state index is 0.0127. The molecule has 4 nitrogen and oxygen atoms in total. The van der Waals surface area contributed by atoms with Gasteiger partial charge in [0, 0.05) is 30.3 Å². The number of hydrogen-bond acceptors (Lipinski definition) is 3. The molecule has 0 bridgehead atoms. The number of nitrogens with zero attached hydrogens (tertiary/aromatic N) is 2. The predicted molar refractivity (Wildman–Crippen MR) is 112 cm³/mol. The van der Waals surface area contributed by atoms with Crippen molar-refractivity contribution in [1.29, 1.82) is 0 Å². The van der Waals surface area contributed by atoms with Crippen molar-refractivity contribution in [2.75, 3.05) is 11.9 Å². The lowest BCUT2D eigenvalue weighted by Gasteiger charge is -2.45. The standard InChI is InChI=1S/C23H28FN3O/c1-16-14-23(2,3)27(4)21-13-20(24)18(12-19(16)21)15-25-26-22(28)11-10-17-8-6-5-7-9-17/h5-9,12-13,15-16H,10-11,14H2,1-4H3,(H,26,28)/b25-15+. The summed E-state index contributed by atoms with van der Waals surface area (Å²) in [7, 11) is 2.00. The molecule has 0 saturated carbocycles. The minimum atomic E-state index is -0.335. The molecule has 1 amide bonds. The second-order valence-electron chi connectivity index (χ2n) is 8.19. The smallest absolute Gasteiger partial charge is 0.240 e. The summed E-state index contributed by atoms with van der Waals surface area (Å²) < 4.78 is 14.6. The molecule has 0 aliphatic carbocycles. The minimum Gasteiger partial charge on any atom is -0.369 e. The van der Waals surface area contributed by atoms with Gasteiger partial charge in [0.1, 0.15) is 5.82 Å². The first-order chi connectivity index (χ1) is 13.3. The summed E-state index contributed by atoms with van der Waals surface area (Å²) >= 11 is 0. The highest BCUT2D eigenvalue weighted by Gasteiger charge is 2.34. The Morgan fingerprint density at radius 3 is 2.75 bits per heavy atom. The molecule has 0 fully saturated rings. The van der Waals surface area contributed by atoms with Gasteiger partial charge in [-0.25, -0.2) is 9.82 Å². The average molecular weight is 381 g/mol. The maximum atomic E-state index is 14.6. The van der Waals surface area contributed by atoms with Crippen LogP contribution in [0.2, 0.25) is 0 Å². The SMILES string of the molecule is CC1CC(C)(C)N(C)c2cc(F)c(/C=N/NC(=O)CCc3ccccc3)cc21. The number of fused-ring (bicyclic) bond motifs is 1. The summed E-state index contributed by atoms with van der Waals surface area (Å²) in [6, 6.07) is 13.2. The number of halogens is 1. The predicted octanol–water partition coefficient (Wildman–Crippen LogP) is 4.63. The topological polar surface area (TPSA) is 44.7 Å². The van der Waals surface area contributed by atoms with Crippen LogP contribution in [0.4, 0.5) is 10.1 Å². The van der Waals surface area contributed by atoms with Crippen LogP contribution in [0.5, 0.6) is 0 Å². The number of carbonyl (C=O) groups excluding carboxylic acids is 1. The van der Waals surface area contributed by atoms with E-state index in [0.29, 0.717) is 24.3 Å². The fourth-order valence-electron chi connectivity index (χ4n) is 3.84. The van der Waals surface area contributed by atoms with Gasteiger partial charge in [-0.15, -0.1) is 0 Å². The van der Waals surface area contributed by atoms with Crippen molar-refractivity contribution in [3.63, 3.8) is 0 Å². The Morgan fingerprint density at radius 2 is 2.04 bits per heavy atom. The van der Waals surface area contributed by atoms with Crippen LogP contribution in [0.15, 0.2) is 47.6 Å². The third-order valence-electron chi connectivity index (χ3n) is 5.63. The van der Waals surface area contributed by atoms with Gasteiger partial charge in [0.05, 0.1) is 6.21 Å². The first kappa shape index (κ1) is 20.1. The quantitative estimate of drug-likeness (QED) is 0.606. The zero-order chi connectivity index (χ0) is 20.3. The molecule has 0 spiro atoms. The maximum Gasteiger partial charge on any atom is 0.240 e. The monoisotopic (exact) mass is 381 g/mol. The Morgan fingerprint density at radius 1 is 1.32 bits per heavy atom. The molecule has 1 atom stereocenters. The van der Waals surface area contributed by atoms with Crippen molar-refractivity contribution in [1.82, 2.24) is 5.43 Å². The number of anilines is 1. The van der Waals surface area contributed by atoms with Crippen LogP contribution in [0, 0.1) is 5.82 Å². The lowest BCUT2D eigenvalue weighted by atomic mass is 9.80. The molecule has 3 rings (SSSR count). The van der Waals surface area contributed by atoms with Crippen molar-refractivity contribution >= 4 is 17.8 Å². The van der Waals surface area contributed by atoms with Gasteiger partial charge in [0.25, 0.3) is 0 Å². The summed E-state index contributed by atoms with van der Waals surface area (Å²) in [6.07, 6.45) is 3.37. The Balaban J connectivity index is 1.66. The number of rotatable bonds is 5. The number of benzene rings is 2. The molecule has 1 N–H and O–H groups in total. The van der Waals surface area contributed by atoms with E-state index in [1.807, 2.05) is 43.4 Å². The third-order valence-corrected chi connectivity index (χ3v) is 5.63. The Kier molecular flexibility index (Phi) is 5.82. The molecule has 2 aromatic rings. The normalized spacial score (nSPS) is 18.2. The third kappa shape index (κ3) is 4.41. The van der Waals surface area contributed by atoms with E-state index in [1.54, 1.807) is 6.07 Å². The van der Waals surface area contributed by atoms with Gasteiger partial charge < -0.3 is 4.90 Å². The van der Waals surface area contributed by atoms with E-state index in [4.69, 9.17) is 0 Å².